The van der Waals surface area contributed by atoms with Gasteiger partial charge in [-0.3, -0.25) is 4.79 Å². The third kappa shape index (κ3) is 3.83. The van der Waals surface area contributed by atoms with Crippen molar-refractivity contribution in [1.29, 1.82) is 0 Å². The molecule has 1 amide bonds. The third-order valence-corrected chi connectivity index (χ3v) is 5.42. The van der Waals surface area contributed by atoms with Gasteiger partial charge >= 0.3 is 0 Å². The van der Waals surface area contributed by atoms with E-state index in [0.717, 1.165) is 9.49 Å². The van der Waals surface area contributed by atoms with Crippen LogP contribution in [0.5, 0.6) is 0 Å². The van der Waals surface area contributed by atoms with Crippen LogP contribution in [-0.4, -0.2) is 17.3 Å². The van der Waals surface area contributed by atoms with E-state index in [1.807, 2.05) is 6.07 Å². The van der Waals surface area contributed by atoms with Crippen molar-refractivity contribution in [1.82, 2.24) is 5.32 Å². The van der Waals surface area contributed by atoms with E-state index in [0.29, 0.717) is 22.0 Å². The van der Waals surface area contributed by atoms with Gasteiger partial charge in [0, 0.05) is 20.5 Å². The van der Waals surface area contributed by atoms with Crippen molar-refractivity contribution in [3.05, 3.63) is 32.4 Å². The molecule has 1 fully saturated rings. The number of carbonyl (C=O) groups excluding carboxylic acids is 1. The molecule has 0 spiro atoms. The van der Waals surface area contributed by atoms with E-state index < -0.39 is 0 Å². The molecule has 1 N–H and O–H groups in total. The second-order valence-electron chi connectivity index (χ2n) is 4.19. The molecule has 1 atom stereocenters. The van der Waals surface area contributed by atoms with Gasteiger partial charge in [0.25, 0.3) is 5.91 Å². The Kier molecular flexibility index (Phi) is 4.72. The van der Waals surface area contributed by atoms with E-state index in [1.54, 1.807) is 12.1 Å². The Bertz CT molecular complexity index is 437. The van der Waals surface area contributed by atoms with Crippen LogP contribution in [0.25, 0.3) is 0 Å². The second-order valence-corrected chi connectivity index (χ2v) is 6.94. The standard InChI is InChI=1S/C12H12BrClINO/c13-9(7-1-2-7)6-16-12(17)8-3-4-11(15)10(14)5-8/h3-5,7,9H,1-2,6H2,(H,16,17). The Labute approximate surface area is 128 Å². The van der Waals surface area contributed by atoms with Gasteiger partial charge in [-0.2, -0.15) is 0 Å². The molecule has 1 aromatic rings. The molecule has 1 saturated carbocycles. The van der Waals surface area contributed by atoms with Gasteiger partial charge in [0.2, 0.25) is 0 Å². The van der Waals surface area contributed by atoms with Gasteiger partial charge in [0.1, 0.15) is 0 Å². The highest BCUT2D eigenvalue weighted by Crippen LogP contribution is 2.36. The highest BCUT2D eigenvalue weighted by molar-refractivity contribution is 14.1. The smallest absolute Gasteiger partial charge is 0.251 e. The molecule has 0 bridgehead atoms. The quantitative estimate of drug-likeness (QED) is 0.573. The average molecular weight is 428 g/mol. The van der Waals surface area contributed by atoms with Crippen LogP contribution in [-0.2, 0) is 0 Å². The molecule has 1 aliphatic carbocycles. The minimum atomic E-state index is -0.0617. The zero-order valence-electron chi connectivity index (χ0n) is 9.05. The summed E-state index contributed by atoms with van der Waals surface area (Å²) in [4.78, 5) is 12.3. The lowest BCUT2D eigenvalue weighted by atomic mass is 10.2. The molecule has 1 aromatic carbocycles. The van der Waals surface area contributed by atoms with Crippen molar-refractivity contribution in [2.45, 2.75) is 17.7 Å². The normalized spacial score (nSPS) is 16.6. The minimum Gasteiger partial charge on any atom is -0.351 e. The van der Waals surface area contributed by atoms with Crippen molar-refractivity contribution in [3.63, 3.8) is 0 Å². The average Bonchev–Trinajstić information content (AvgIpc) is 3.13. The summed E-state index contributed by atoms with van der Waals surface area (Å²) in [5, 5.41) is 3.54. The van der Waals surface area contributed by atoms with E-state index in [1.165, 1.54) is 12.8 Å². The van der Waals surface area contributed by atoms with Crippen LogP contribution >= 0.6 is 50.1 Å². The molecule has 5 heteroatoms. The van der Waals surface area contributed by atoms with Crippen LogP contribution in [0, 0.1) is 9.49 Å². The largest absolute Gasteiger partial charge is 0.351 e. The molecule has 0 aliphatic heterocycles. The predicted molar refractivity (Wildman–Crippen MR) is 81.9 cm³/mol. The molecular weight excluding hydrogens is 416 g/mol. The van der Waals surface area contributed by atoms with Gasteiger partial charge < -0.3 is 5.32 Å². The fourth-order valence-corrected chi connectivity index (χ4v) is 2.76. The number of amides is 1. The van der Waals surface area contributed by atoms with Gasteiger partial charge in [-0.25, -0.2) is 0 Å². The maximum absolute atomic E-state index is 11.9. The SMILES string of the molecule is O=C(NCC(Br)C1CC1)c1ccc(I)c(Cl)c1. The van der Waals surface area contributed by atoms with Gasteiger partial charge in [-0.05, 0) is 59.5 Å². The molecular formula is C12H12BrClINO. The van der Waals surface area contributed by atoms with Gasteiger partial charge in [-0.15, -0.1) is 0 Å². The first-order chi connectivity index (χ1) is 8.08. The summed E-state index contributed by atoms with van der Waals surface area (Å²) in [6.45, 7) is 0.674. The van der Waals surface area contributed by atoms with E-state index in [4.69, 9.17) is 11.6 Å². The van der Waals surface area contributed by atoms with Crippen molar-refractivity contribution in [3.8, 4) is 0 Å². The third-order valence-electron chi connectivity index (χ3n) is 2.77. The van der Waals surface area contributed by atoms with Gasteiger partial charge in [-0.1, -0.05) is 27.5 Å². The number of rotatable bonds is 4. The van der Waals surface area contributed by atoms with Crippen molar-refractivity contribution < 1.29 is 4.79 Å². The first-order valence-electron chi connectivity index (χ1n) is 5.45. The van der Waals surface area contributed by atoms with E-state index >= 15 is 0 Å². The van der Waals surface area contributed by atoms with Gasteiger partial charge in [0.05, 0.1) is 5.02 Å². The lowest BCUT2D eigenvalue weighted by Crippen LogP contribution is -2.30. The van der Waals surface area contributed by atoms with Crippen molar-refractivity contribution >= 4 is 56.0 Å². The highest BCUT2D eigenvalue weighted by atomic mass is 127. The number of benzene rings is 1. The second kappa shape index (κ2) is 5.89. The minimum absolute atomic E-state index is 0.0617. The number of nitrogens with one attached hydrogen (secondary N) is 1. The summed E-state index contributed by atoms with van der Waals surface area (Å²) in [6.07, 6.45) is 2.53. The number of hydrogen-bond acceptors (Lipinski definition) is 1. The molecule has 0 heterocycles. The highest BCUT2D eigenvalue weighted by Gasteiger charge is 2.29. The van der Waals surface area contributed by atoms with E-state index in [-0.39, 0.29) is 5.91 Å². The Morgan fingerprint density at radius 2 is 2.29 bits per heavy atom. The fourth-order valence-electron chi connectivity index (χ4n) is 1.55. The molecule has 0 radical (unpaired) electrons. The molecule has 17 heavy (non-hydrogen) atoms. The molecule has 2 nitrogen and oxygen atoms in total. The predicted octanol–water partition coefficient (Wildman–Crippen LogP) is 3.85. The first kappa shape index (κ1) is 13.6. The van der Waals surface area contributed by atoms with E-state index in [9.17, 15) is 4.79 Å². The lowest BCUT2D eigenvalue weighted by Gasteiger charge is -2.10. The molecule has 1 aliphatic rings. The van der Waals surface area contributed by atoms with Crippen LogP contribution in [0.4, 0.5) is 0 Å². The molecule has 92 valence electrons. The maximum Gasteiger partial charge on any atom is 0.251 e. The molecule has 0 aromatic heterocycles. The monoisotopic (exact) mass is 427 g/mol. The number of carbonyl (C=O) groups is 1. The van der Waals surface area contributed by atoms with Gasteiger partial charge in [0.15, 0.2) is 0 Å². The Morgan fingerprint density at radius 1 is 1.59 bits per heavy atom. The summed E-state index contributed by atoms with van der Waals surface area (Å²) in [5.41, 5.74) is 0.617. The van der Waals surface area contributed by atoms with Crippen LogP contribution in [0.1, 0.15) is 23.2 Å². The summed E-state index contributed by atoms with van der Waals surface area (Å²) in [6, 6.07) is 5.35. The molecule has 2 rings (SSSR count). The summed E-state index contributed by atoms with van der Waals surface area (Å²) >= 11 is 11.7. The van der Waals surface area contributed by atoms with Crippen LogP contribution < -0.4 is 5.32 Å². The number of halogens is 3. The van der Waals surface area contributed by atoms with Crippen LogP contribution in [0.15, 0.2) is 18.2 Å². The lowest BCUT2D eigenvalue weighted by molar-refractivity contribution is 0.0953. The van der Waals surface area contributed by atoms with Crippen LogP contribution in [0.2, 0.25) is 5.02 Å². The Morgan fingerprint density at radius 3 is 2.88 bits per heavy atom. The number of hydrogen-bond donors (Lipinski definition) is 1. The molecule has 0 saturated heterocycles. The number of alkyl halides is 1. The maximum atomic E-state index is 11.9. The van der Waals surface area contributed by atoms with E-state index in [2.05, 4.69) is 43.8 Å². The Hall–Kier alpha value is 0.190. The van der Waals surface area contributed by atoms with Crippen LogP contribution in [0.3, 0.4) is 0 Å². The summed E-state index contributed by atoms with van der Waals surface area (Å²) in [5.74, 6) is 0.670. The van der Waals surface area contributed by atoms with Crippen molar-refractivity contribution in [2.24, 2.45) is 5.92 Å². The van der Waals surface area contributed by atoms with Crippen molar-refractivity contribution in [2.75, 3.05) is 6.54 Å². The topological polar surface area (TPSA) is 29.1 Å². The zero-order chi connectivity index (χ0) is 12.4. The first-order valence-corrected chi connectivity index (χ1v) is 7.82. The summed E-state index contributed by atoms with van der Waals surface area (Å²) in [7, 11) is 0. The fraction of sp³-hybridized carbons (Fsp3) is 0.417. The molecule has 1 unspecified atom stereocenters. The Balaban J connectivity index is 1.92. The zero-order valence-corrected chi connectivity index (χ0v) is 13.5. The summed E-state index contributed by atoms with van der Waals surface area (Å²) < 4.78 is 0.956.